The molecule has 0 aliphatic carbocycles. The molecule has 0 fully saturated rings. The summed E-state index contributed by atoms with van der Waals surface area (Å²) < 4.78 is 6.61. The Morgan fingerprint density at radius 1 is 0.730 bits per heavy atom. The highest BCUT2D eigenvalue weighted by Gasteiger charge is 2.30. The number of hydrogen-bond acceptors (Lipinski definition) is 6. The lowest BCUT2D eigenvalue weighted by molar-refractivity contribution is 0.243. The van der Waals surface area contributed by atoms with Crippen molar-refractivity contribution in [1.82, 2.24) is 0 Å². The molecular weight excluding hydrogens is 507 g/mol. The maximum absolute atomic E-state index is 10.4. The molecule has 3 aromatic carbocycles. The van der Waals surface area contributed by atoms with Crippen molar-refractivity contribution >= 4 is 34.6 Å². The van der Waals surface area contributed by atoms with E-state index in [1.54, 1.807) is 0 Å². The van der Waals surface area contributed by atoms with E-state index >= 15 is 0 Å². The van der Waals surface area contributed by atoms with Gasteiger partial charge in [0.1, 0.15) is 33.3 Å². The van der Waals surface area contributed by atoms with Crippen LogP contribution in [0.2, 0.25) is 10.0 Å². The third-order valence-corrected chi connectivity index (χ3v) is 7.31. The molecule has 0 saturated heterocycles. The Bertz CT molecular complexity index is 1360. The van der Waals surface area contributed by atoms with Gasteiger partial charge in [0.25, 0.3) is 0 Å². The number of nitriles is 2. The van der Waals surface area contributed by atoms with E-state index in [0.717, 1.165) is 44.8 Å². The van der Waals surface area contributed by atoms with Crippen LogP contribution in [-0.4, -0.2) is 33.3 Å². The molecule has 8 heteroatoms. The number of phenolic OH excluding ortho intramolecular Hbond substituents is 1. The summed E-state index contributed by atoms with van der Waals surface area (Å²) in [4.78, 5) is 4.07. The van der Waals surface area contributed by atoms with Gasteiger partial charge in [0.2, 0.25) is 0 Å². The molecule has 3 aromatic rings. The van der Waals surface area contributed by atoms with Gasteiger partial charge in [0.05, 0.1) is 0 Å². The molecule has 0 radical (unpaired) electrons. The minimum Gasteiger partial charge on any atom is -0.505 e. The predicted molar refractivity (Wildman–Crippen MR) is 151 cm³/mol. The fourth-order valence-electron chi connectivity index (χ4n) is 4.61. The number of nitrogens with zero attached hydrogens (tertiary/aromatic N) is 4. The maximum Gasteiger partial charge on any atom is 0.160 e. The van der Waals surface area contributed by atoms with Crippen LogP contribution in [0, 0.1) is 50.4 Å². The van der Waals surface area contributed by atoms with Crippen molar-refractivity contribution in [3.05, 3.63) is 78.8 Å². The van der Waals surface area contributed by atoms with Gasteiger partial charge in [-0.1, -0.05) is 23.2 Å². The van der Waals surface area contributed by atoms with Gasteiger partial charge in [0.15, 0.2) is 17.6 Å². The van der Waals surface area contributed by atoms with E-state index in [1.807, 2.05) is 77.8 Å². The summed E-state index contributed by atoms with van der Waals surface area (Å²) in [6.45, 7) is 8.06. The maximum atomic E-state index is 10.4. The van der Waals surface area contributed by atoms with Crippen molar-refractivity contribution < 1.29 is 9.84 Å². The largest absolute Gasteiger partial charge is 0.505 e. The number of halogens is 2. The summed E-state index contributed by atoms with van der Waals surface area (Å²) in [7, 11) is 7.93. The second kappa shape index (κ2) is 10.8. The molecule has 0 atom stereocenters. The van der Waals surface area contributed by atoms with Crippen molar-refractivity contribution in [2.24, 2.45) is 0 Å². The van der Waals surface area contributed by atoms with Gasteiger partial charge in [0, 0.05) is 50.7 Å². The molecule has 0 saturated carbocycles. The van der Waals surface area contributed by atoms with Crippen LogP contribution in [0.1, 0.15) is 50.6 Å². The molecule has 6 nitrogen and oxygen atoms in total. The molecule has 0 amide bonds. The highest BCUT2D eigenvalue weighted by Crippen LogP contribution is 2.47. The molecule has 1 N–H and O–H groups in total. The summed E-state index contributed by atoms with van der Waals surface area (Å²) in [5.74, 6) is -0.584. The first-order chi connectivity index (χ1) is 17.3. The van der Waals surface area contributed by atoms with Crippen LogP contribution >= 0.6 is 23.2 Å². The standard InChI is InChI=1S/C29H30Cl2N4O2/c1-15-9-19(34(5)6)10-16(2)23(15)29(24-17(3)11-20(35(7)8)12-18(24)4)37-28-22(14-33)21(13-32)27(36)25(30)26(28)31/h9-12,29,36H,1-8H3. The van der Waals surface area contributed by atoms with Crippen molar-refractivity contribution in [3.8, 4) is 23.6 Å². The third kappa shape index (κ3) is 5.14. The number of benzene rings is 3. The van der Waals surface area contributed by atoms with E-state index in [4.69, 9.17) is 27.9 Å². The molecule has 0 unspecified atom stereocenters. The lowest BCUT2D eigenvalue weighted by Crippen LogP contribution is -2.18. The van der Waals surface area contributed by atoms with Gasteiger partial charge < -0.3 is 19.6 Å². The number of rotatable bonds is 6. The Hall–Kier alpha value is -3.58. The Labute approximate surface area is 228 Å². The average Bonchev–Trinajstić information content (AvgIpc) is 2.82. The smallest absolute Gasteiger partial charge is 0.160 e. The molecule has 0 aliphatic rings. The van der Waals surface area contributed by atoms with Crippen LogP contribution in [0.5, 0.6) is 11.5 Å². The Morgan fingerprint density at radius 2 is 1.11 bits per heavy atom. The number of ether oxygens (including phenoxy) is 1. The lowest BCUT2D eigenvalue weighted by atomic mass is 9.87. The second-order valence-corrected chi connectivity index (χ2v) is 10.3. The highest BCUT2D eigenvalue weighted by molar-refractivity contribution is 6.44. The summed E-state index contributed by atoms with van der Waals surface area (Å²) >= 11 is 12.8. The first-order valence-electron chi connectivity index (χ1n) is 11.6. The van der Waals surface area contributed by atoms with E-state index in [9.17, 15) is 15.6 Å². The molecule has 0 heterocycles. The fraction of sp³-hybridized carbons (Fsp3) is 0.310. The van der Waals surface area contributed by atoms with E-state index in [-0.39, 0.29) is 26.9 Å². The summed E-state index contributed by atoms with van der Waals surface area (Å²) in [6, 6.07) is 12.1. The van der Waals surface area contributed by atoms with Crippen molar-refractivity contribution in [3.63, 3.8) is 0 Å². The highest BCUT2D eigenvalue weighted by atomic mass is 35.5. The Balaban J connectivity index is 2.40. The minimum atomic E-state index is -0.677. The number of anilines is 2. The average molecular weight is 537 g/mol. The molecule has 0 spiro atoms. The quantitative estimate of drug-likeness (QED) is 0.365. The van der Waals surface area contributed by atoms with Crippen LogP contribution in [-0.2, 0) is 0 Å². The van der Waals surface area contributed by atoms with Gasteiger partial charge in [-0.25, -0.2) is 0 Å². The molecule has 37 heavy (non-hydrogen) atoms. The lowest BCUT2D eigenvalue weighted by Gasteiger charge is -2.29. The van der Waals surface area contributed by atoms with Crippen LogP contribution in [0.25, 0.3) is 0 Å². The van der Waals surface area contributed by atoms with E-state index in [0.29, 0.717) is 0 Å². The topological polar surface area (TPSA) is 83.5 Å². The zero-order chi connectivity index (χ0) is 27.8. The van der Waals surface area contributed by atoms with Crippen LogP contribution in [0.15, 0.2) is 24.3 Å². The van der Waals surface area contributed by atoms with Crippen molar-refractivity contribution in [1.29, 1.82) is 10.5 Å². The molecule has 0 aliphatic heterocycles. The van der Waals surface area contributed by atoms with E-state index in [2.05, 4.69) is 24.3 Å². The van der Waals surface area contributed by atoms with Gasteiger partial charge in [-0.05, 0) is 74.2 Å². The number of phenols is 1. The van der Waals surface area contributed by atoms with Gasteiger partial charge >= 0.3 is 0 Å². The second-order valence-electron chi connectivity index (χ2n) is 9.55. The zero-order valence-electron chi connectivity index (χ0n) is 22.3. The number of aromatic hydroxyl groups is 1. The third-order valence-electron chi connectivity index (χ3n) is 6.49. The first kappa shape index (κ1) is 28.0. The molecule has 3 rings (SSSR count). The van der Waals surface area contributed by atoms with E-state index < -0.39 is 11.9 Å². The van der Waals surface area contributed by atoms with E-state index in [1.165, 1.54) is 0 Å². The number of hydrogen-bond donors (Lipinski definition) is 1. The monoisotopic (exact) mass is 536 g/mol. The van der Waals surface area contributed by atoms with Gasteiger partial charge in [-0.2, -0.15) is 10.5 Å². The summed E-state index contributed by atoms with van der Waals surface area (Å²) in [5.41, 5.74) is 7.43. The predicted octanol–water partition coefficient (Wildman–Crippen LogP) is 6.98. The van der Waals surface area contributed by atoms with Crippen LogP contribution in [0.4, 0.5) is 11.4 Å². The SMILES string of the molecule is Cc1cc(N(C)C)cc(C)c1C(Oc1c(Cl)c(Cl)c(O)c(C#N)c1C#N)c1c(C)cc(N(C)C)cc1C. The van der Waals surface area contributed by atoms with Gasteiger partial charge in [-0.3, -0.25) is 0 Å². The van der Waals surface area contributed by atoms with Crippen LogP contribution < -0.4 is 14.5 Å². The Morgan fingerprint density at radius 3 is 1.43 bits per heavy atom. The molecule has 192 valence electrons. The zero-order valence-corrected chi connectivity index (χ0v) is 23.8. The normalized spacial score (nSPS) is 10.7. The van der Waals surface area contributed by atoms with Gasteiger partial charge in [-0.15, -0.1) is 0 Å². The fourth-order valence-corrected chi connectivity index (χ4v) is 5.02. The summed E-state index contributed by atoms with van der Waals surface area (Å²) in [6.07, 6.45) is -0.677. The first-order valence-corrected chi connectivity index (χ1v) is 12.4. The Kier molecular flexibility index (Phi) is 8.18. The molecular formula is C29H30Cl2N4O2. The van der Waals surface area contributed by atoms with Crippen molar-refractivity contribution in [2.75, 3.05) is 38.0 Å². The molecule has 0 bridgehead atoms. The van der Waals surface area contributed by atoms with Crippen LogP contribution in [0.3, 0.4) is 0 Å². The number of aryl methyl sites for hydroxylation is 4. The summed E-state index contributed by atoms with van der Waals surface area (Å²) in [5, 5.41) is 29.6. The van der Waals surface area contributed by atoms with Crippen molar-refractivity contribution in [2.45, 2.75) is 33.8 Å². The molecule has 0 aromatic heterocycles. The minimum absolute atomic E-state index is 0.0421.